The van der Waals surface area contributed by atoms with Gasteiger partial charge >= 0.3 is 0 Å². The highest BCUT2D eigenvalue weighted by molar-refractivity contribution is 7.90. The van der Waals surface area contributed by atoms with Crippen molar-refractivity contribution in [2.45, 2.75) is 18.7 Å². The molecule has 17 heavy (non-hydrogen) atoms. The minimum absolute atomic E-state index is 0.0487. The smallest absolute Gasteiger partial charge is 0.155 e. The molecule has 6 nitrogen and oxygen atoms in total. The number of fused-ring (bicyclic) bond motifs is 1. The van der Waals surface area contributed by atoms with Crippen LogP contribution in [0.4, 0.5) is 0 Å². The van der Waals surface area contributed by atoms with Crippen molar-refractivity contribution in [2.24, 2.45) is 0 Å². The zero-order valence-corrected chi connectivity index (χ0v) is 10.5. The number of methoxy groups -OCH3 is 1. The number of aryl methyl sites for hydroxylation is 1. The summed E-state index contributed by atoms with van der Waals surface area (Å²) in [6.45, 7) is 1.82. The van der Waals surface area contributed by atoms with Gasteiger partial charge in [0.1, 0.15) is 11.5 Å². The summed E-state index contributed by atoms with van der Waals surface area (Å²) in [4.78, 5) is 0. The van der Waals surface area contributed by atoms with Gasteiger partial charge in [-0.2, -0.15) is 0 Å². The summed E-state index contributed by atoms with van der Waals surface area (Å²) < 4.78 is 33.1. The second-order valence-corrected chi connectivity index (χ2v) is 6.23. The largest absolute Gasteiger partial charge is 0.383 e. The molecule has 1 aliphatic rings. The number of ether oxygens (including phenoxy) is 1. The fourth-order valence-corrected chi connectivity index (χ4v) is 3.21. The molecule has 1 aliphatic heterocycles. The fourth-order valence-electron chi connectivity index (χ4n) is 1.80. The molecule has 0 spiro atoms. The Kier molecular flexibility index (Phi) is 3.80. The number of aromatic nitrogens is 1. The Balaban J connectivity index is 2.03. The van der Waals surface area contributed by atoms with Crippen LogP contribution in [0.3, 0.4) is 0 Å². The Labute approximate surface area is 100 Å². The third kappa shape index (κ3) is 3.05. The quantitative estimate of drug-likeness (QED) is 0.743. The van der Waals surface area contributed by atoms with Gasteiger partial charge in [0.15, 0.2) is 9.84 Å². The second kappa shape index (κ2) is 5.16. The van der Waals surface area contributed by atoms with Gasteiger partial charge in [-0.3, -0.25) is 0 Å². The Bertz CT molecular complexity index is 480. The molecule has 0 radical (unpaired) electrons. The lowest BCUT2D eigenvalue weighted by molar-refractivity contribution is 0.199. The molecule has 7 heteroatoms. The standard InChI is InChI=1S/C10H16N2O4S/c1-15-4-3-11-6-9-8-7-17(13,14)5-2-10(8)16-12-9/h11H,2-7H2,1H3. The lowest BCUT2D eigenvalue weighted by Crippen LogP contribution is -2.22. The molecule has 0 atom stereocenters. The normalized spacial score (nSPS) is 17.9. The number of rotatable bonds is 5. The van der Waals surface area contributed by atoms with E-state index in [0.29, 0.717) is 37.6 Å². The zero-order valence-electron chi connectivity index (χ0n) is 9.73. The molecule has 0 fully saturated rings. The summed E-state index contributed by atoms with van der Waals surface area (Å²) in [5, 5.41) is 7.04. The number of nitrogens with one attached hydrogen (secondary N) is 1. The summed E-state index contributed by atoms with van der Waals surface area (Å²) in [7, 11) is -1.35. The first-order valence-corrected chi connectivity index (χ1v) is 7.31. The average molecular weight is 260 g/mol. The van der Waals surface area contributed by atoms with Crippen LogP contribution in [0.2, 0.25) is 0 Å². The first-order chi connectivity index (χ1) is 8.12. The number of hydrogen-bond acceptors (Lipinski definition) is 6. The highest BCUT2D eigenvalue weighted by Gasteiger charge is 2.27. The highest BCUT2D eigenvalue weighted by atomic mass is 32.2. The second-order valence-electron chi connectivity index (χ2n) is 4.04. The summed E-state index contributed by atoms with van der Waals surface area (Å²) in [6, 6.07) is 0. The molecule has 0 aliphatic carbocycles. The van der Waals surface area contributed by atoms with Crippen molar-refractivity contribution in [3.63, 3.8) is 0 Å². The predicted molar refractivity (Wildman–Crippen MR) is 61.3 cm³/mol. The SMILES string of the molecule is COCCNCc1noc2c1CS(=O)(=O)CC2. The zero-order chi connectivity index (χ0) is 12.3. The third-order valence-corrected chi connectivity index (χ3v) is 4.29. The molecule has 0 bridgehead atoms. The highest BCUT2D eigenvalue weighted by Crippen LogP contribution is 2.23. The molecular weight excluding hydrogens is 244 g/mol. The molecule has 2 heterocycles. The van der Waals surface area contributed by atoms with Crippen LogP contribution in [-0.4, -0.2) is 39.6 Å². The maximum absolute atomic E-state index is 11.5. The van der Waals surface area contributed by atoms with Crippen LogP contribution in [0.25, 0.3) is 0 Å². The first kappa shape index (κ1) is 12.5. The molecule has 2 rings (SSSR count). The minimum atomic E-state index is -2.98. The van der Waals surface area contributed by atoms with Gasteiger partial charge in [0.05, 0.1) is 18.1 Å². The van der Waals surface area contributed by atoms with Gasteiger partial charge in [0.25, 0.3) is 0 Å². The van der Waals surface area contributed by atoms with Gasteiger partial charge in [-0.15, -0.1) is 0 Å². The first-order valence-electron chi connectivity index (χ1n) is 5.49. The lowest BCUT2D eigenvalue weighted by atomic mass is 10.2. The van der Waals surface area contributed by atoms with Crippen LogP contribution in [0, 0.1) is 0 Å². The Morgan fingerprint density at radius 1 is 1.53 bits per heavy atom. The minimum Gasteiger partial charge on any atom is -0.383 e. The van der Waals surface area contributed by atoms with Gasteiger partial charge < -0.3 is 14.6 Å². The maximum Gasteiger partial charge on any atom is 0.155 e. The number of hydrogen-bond donors (Lipinski definition) is 1. The monoisotopic (exact) mass is 260 g/mol. The van der Waals surface area contributed by atoms with E-state index in [4.69, 9.17) is 9.26 Å². The Morgan fingerprint density at radius 2 is 2.35 bits per heavy atom. The van der Waals surface area contributed by atoms with Crippen molar-refractivity contribution in [3.05, 3.63) is 17.0 Å². The predicted octanol–water partition coefficient (Wildman–Crippen LogP) is -0.119. The molecule has 0 saturated carbocycles. The van der Waals surface area contributed by atoms with Crippen molar-refractivity contribution in [3.8, 4) is 0 Å². The lowest BCUT2D eigenvalue weighted by Gasteiger charge is -2.10. The number of sulfone groups is 1. The van der Waals surface area contributed by atoms with E-state index in [-0.39, 0.29) is 11.5 Å². The van der Waals surface area contributed by atoms with E-state index >= 15 is 0 Å². The van der Waals surface area contributed by atoms with Crippen LogP contribution in [0.5, 0.6) is 0 Å². The molecule has 1 N–H and O–H groups in total. The van der Waals surface area contributed by atoms with E-state index in [9.17, 15) is 8.42 Å². The number of nitrogens with zero attached hydrogens (tertiary/aromatic N) is 1. The van der Waals surface area contributed by atoms with Crippen molar-refractivity contribution in [1.29, 1.82) is 0 Å². The van der Waals surface area contributed by atoms with Gasteiger partial charge in [-0.1, -0.05) is 5.16 Å². The molecule has 96 valence electrons. The van der Waals surface area contributed by atoms with E-state index in [1.807, 2.05) is 0 Å². The summed E-state index contributed by atoms with van der Waals surface area (Å²) >= 11 is 0. The fraction of sp³-hybridized carbons (Fsp3) is 0.700. The molecule has 0 unspecified atom stereocenters. The van der Waals surface area contributed by atoms with Crippen LogP contribution >= 0.6 is 0 Å². The summed E-state index contributed by atoms with van der Waals surface area (Å²) in [6.07, 6.45) is 0.433. The van der Waals surface area contributed by atoms with Crippen LogP contribution in [-0.2, 0) is 33.3 Å². The van der Waals surface area contributed by atoms with Crippen LogP contribution < -0.4 is 5.32 Å². The summed E-state index contributed by atoms with van der Waals surface area (Å²) in [5.74, 6) is 0.919. The van der Waals surface area contributed by atoms with Gasteiger partial charge in [-0.25, -0.2) is 8.42 Å². The third-order valence-electron chi connectivity index (χ3n) is 2.73. The van der Waals surface area contributed by atoms with Crippen molar-refractivity contribution in [1.82, 2.24) is 10.5 Å². The van der Waals surface area contributed by atoms with Gasteiger partial charge in [-0.05, 0) is 0 Å². The Hall–Kier alpha value is -0.920. The molecule has 1 aromatic heterocycles. The maximum atomic E-state index is 11.5. The van der Waals surface area contributed by atoms with Gasteiger partial charge in [0, 0.05) is 32.2 Å². The molecule has 0 amide bonds. The molecule has 1 aromatic rings. The van der Waals surface area contributed by atoms with Gasteiger partial charge in [0.2, 0.25) is 0 Å². The molecule has 0 saturated heterocycles. The molecular formula is C10H16N2O4S. The topological polar surface area (TPSA) is 81.4 Å². The van der Waals surface area contributed by atoms with E-state index in [0.717, 1.165) is 5.56 Å². The Morgan fingerprint density at radius 3 is 3.12 bits per heavy atom. The van der Waals surface area contributed by atoms with Crippen molar-refractivity contribution >= 4 is 9.84 Å². The van der Waals surface area contributed by atoms with Crippen molar-refractivity contribution in [2.75, 3.05) is 26.0 Å². The van der Waals surface area contributed by atoms with E-state index in [1.54, 1.807) is 7.11 Å². The van der Waals surface area contributed by atoms with Crippen molar-refractivity contribution < 1.29 is 17.7 Å². The average Bonchev–Trinajstić information content (AvgIpc) is 2.66. The summed E-state index contributed by atoms with van der Waals surface area (Å²) in [5.41, 5.74) is 1.43. The van der Waals surface area contributed by atoms with E-state index in [2.05, 4.69) is 10.5 Å². The van der Waals surface area contributed by atoms with Crippen LogP contribution in [0.1, 0.15) is 17.0 Å². The molecule has 0 aromatic carbocycles. The van der Waals surface area contributed by atoms with Crippen LogP contribution in [0.15, 0.2) is 4.52 Å². The van der Waals surface area contributed by atoms with E-state index in [1.165, 1.54) is 0 Å². The van der Waals surface area contributed by atoms with E-state index < -0.39 is 9.84 Å².